The van der Waals surface area contributed by atoms with Crippen LogP contribution in [0, 0.1) is 29.6 Å². The number of amides is 1. The molecule has 1 N–H and O–H groups in total. The number of benzene rings is 1. The Bertz CT molecular complexity index is 1530. The van der Waals surface area contributed by atoms with Crippen molar-refractivity contribution in [2.45, 2.75) is 61.4 Å². The molecule has 180 valence electrons. The zero-order chi connectivity index (χ0) is 25.2. The summed E-state index contributed by atoms with van der Waals surface area (Å²) in [7, 11) is 0. The number of carbonyl (C=O) groups excluding carboxylic acids is 1. The summed E-state index contributed by atoms with van der Waals surface area (Å²) in [6, 6.07) is 14.5. The van der Waals surface area contributed by atoms with Gasteiger partial charge in [-0.25, -0.2) is 4.52 Å². The van der Waals surface area contributed by atoms with Crippen LogP contribution in [0.2, 0.25) is 0 Å². The molecular formula is C27H25N7OS. The number of hydrogen-bond donors (Lipinski definition) is 1. The van der Waals surface area contributed by atoms with Crippen molar-refractivity contribution in [1.29, 1.82) is 10.5 Å². The van der Waals surface area contributed by atoms with Crippen LogP contribution in [0.1, 0.15) is 55.5 Å². The molecule has 0 spiro atoms. The maximum Gasteiger partial charge on any atom is 0.217 e. The standard InChI is InChI=1S/C27H25N7OS/c1-17-24(16-33(32-17)23-9-7-22(8-10-23)31-18(2)35)20-11-26(27-21(13-29)14-30-34(27)15-20)36-25-6-4-3-5-19(25)12-28/h3-6,11,14-16,22-23H,7-10H2,1-2H3,(H,31,35)/t22-,23+. The van der Waals surface area contributed by atoms with Crippen LogP contribution in [0.15, 0.2) is 58.7 Å². The first kappa shape index (κ1) is 23.7. The van der Waals surface area contributed by atoms with Gasteiger partial charge >= 0.3 is 0 Å². The number of hydrogen-bond acceptors (Lipinski definition) is 6. The third-order valence-corrected chi connectivity index (χ3v) is 7.74. The van der Waals surface area contributed by atoms with Gasteiger partial charge in [0.1, 0.15) is 12.1 Å². The van der Waals surface area contributed by atoms with Crippen molar-refractivity contribution in [2.75, 3.05) is 0 Å². The molecule has 3 aromatic heterocycles. The lowest BCUT2D eigenvalue weighted by Gasteiger charge is -2.29. The van der Waals surface area contributed by atoms with Gasteiger partial charge in [0.15, 0.2) is 0 Å². The van der Waals surface area contributed by atoms with Gasteiger partial charge in [-0.1, -0.05) is 23.9 Å². The van der Waals surface area contributed by atoms with Crippen molar-refractivity contribution in [1.82, 2.24) is 24.7 Å². The molecule has 0 aliphatic heterocycles. The van der Waals surface area contributed by atoms with Gasteiger partial charge in [0.25, 0.3) is 0 Å². The molecule has 0 bridgehead atoms. The minimum atomic E-state index is 0.0234. The average Bonchev–Trinajstić information content (AvgIpc) is 3.48. The Morgan fingerprint density at radius 1 is 1.08 bits per heavy atom. The van der Waals surface area contributed by atoms with Crippen LogP contribution in [0.25, 0.3) is 16.6 Å². The molecule has 0 unspecified atom stereocenters. The van der Waals surface area contributed by atoms with Crippen LogP contribution in [0.3, 0.4) is 0 Å². The summed E-state index contributed by atoms with van der Waals surface area (Å²) in [4.78, 5) is 13.1. The van der Waals surface area contributed by atoms with Gasteiger partial charge in [0.05, 0.1) is 34.6 Å². The summed E-state index contributed by atoms with van der Waals surface area (Å²) < 4.78 is 3.79. The van der Waals surface area contributed by atoms with E-state index in [1.807, 2.05) is 31.3 Å². The Balaban J connectivity index is 1.50. The minimum absolute atomic E-state index is 0.0234. The van der Waals surface area contributed by atoms with Gasteiger partial charge in [0.2, 0.25) is 5.91 Å². The summed E-state index contributed by atoms with van der Waals surface area (Å²) in [6.45, 7) is 3.57. The van der Waals surface area contributed by atoms with E-state index in [1.54, 1.807) is 23.7 Å². The molecule has 3 heterocycles. The lowest BCUT2D eigenvalue weighted by Crippen LogP contribution is -2.36. The molecule has 1 aliphatic rings. The van der Waals surface area contributed by atoms with E-state index in [0.29, 0.717) is 11.1 Å². The first-order valence-electron chi connectivity index (χ1n) is 11.9. The number of nitriles is 2. The largest absolute Gasteiger partial charge is 0.354 e. The number of nitrogens with zero attached hydrogens (tertiary/aromatic N) is 6. The number of pyridine rings is 1. The SMILES string of the molecule is CC(=O)N[C@H]1CC[C@@H](n2cc(-c3cc(Sc4ccccc4C#N)c4c(C#N)cnn4c3)c(C)n2)CC1. The molecule has 0 saturated heterocycles. The number of carbonyl (C=O) groups is 1. The van der Waals surface area contributed by atoms with Gasteiger partial charge in [0, 0.05) is 46.3 Å². The predicted molar refractivity (Wildman–Crippen MR) is 136 cm³/mol. The van der Waals surface area contributed by atoms with E-state index in [2.05, 4.69) is 39.5 Å². The van der Waals surface area contributed by atoms with Crippen LogP contribution < -0.4 is 5.32 Å². The molecule has 1 fully saturated rings. The van der Waals surface area contributed by atoms with E-state index in [-0.39, 0.29) is 18.0 Å². The molecule has 1 aromatic carbocycles. The highest BCUT2D eigenvalue weighted by atomic mass is 32.2. The van der Waals surface area contributed by atoms with Gasteiger partial charge in [-0.3, -0.25) is 9.48 Å². The smallest absolute Gasteiger partial charge is 0.217 e. The highest BCUT2D eigenvalue weighted by Gasteiger charge is 2.24. The summed E-state index contributed by atoms with van der Waals surface area (Å²) in [5, 5.41) is 31.5. The number of fused-ring (bicyclic) bond motifs is 1. The molecule has 9 heteroatoms. The van der Waals surface area contributed by atoms with Crippen LogP contribution in [-0.4, -0.2) is 31.3 Å². The van der Waals surface area contributed by atoms with E-state index in [4.69, 9.17) is 5.10 Å². The normalized spacial score (nSPS) is 17.4. The third-order valence-electron chi connectivity index (χ3n) is 6.63. The van der Waals surface area contributed by atoms with Crippen molar-refractivity contribution in [3.05, 3.63) is 65.7 Å². The van der Waals surface area contributed by atoms with Crippen molar-refractivity contribution < 1.29 is 4.79 Å². The Hall–Kier alpha value is -4.08. The Morgan fingerprint density at radius 3 is 2.56 bits per heavy atom. The maximum absolute atomic E-state index is 11.4. The van der Waals surface area contributed by atoms with Crippen LogP contribution in [0.4, 0.5) is 0 Å². The third kappa shape index (κ3) is 4.58. The molecule has 5 rings (SSSR count). The molecule has 0 atom stereocenters. The molecule has 4 aromatic rings. The Morgan fingerprint density at radius 2 is 1.83 bits per heavy atom. The van der Waals surface area contributed by atoms with E-state index in [0.717, 1.165) is 57.8 Å². The molecule has 1 saturated carbocycles. The number of nitrogens with one attached hydrogen (secondary N) is 1. The summed E-state index contributed by atoms with van der Waals surface area (Å²) in [6.07, 6.45) is 9.39. The molecule has 0 radical (unpaired) electrons. The topological polar surface area (TPSA) is 112 Å². The average molecular weight is 496 g/mol. The lowest BCUT2D eigenvalue weighted by molar-refractivity contribution is -0.119. The van der Waals surface area contributed by atoms with E-state index in [9.17, 15) is 15.3 Å². The van der Waals surface area contributed by atoms with E-state index in [1.165, 1.54) is 11.8 Å². The molecule has 1 aliphatic carbocycles. The predicted octanol–water partition coefficient (Wildman–Crippen LogP) is 5.02. The maximum atomic E-state index is 11.4. The van der Waals surface area contributed by atoms with Crippen LogP contribution in [-0.2, 0) is 4.79 Å². The quantitative estimate of drug-likeness (QED) is 0.416. The van der Waals surface area contributed by atoms with Crippen LogP contribution in [0.5, 0.6) is 0 Å². The zero-order valence-corrected chi connectivity index (χ0v) is 20.9. The molecule has 36 heavy (non-hydrogen) atoms. The van der Waals surface area contributed by atoms with Gasteiger partial charge in [-0.15, -0.1) is 0 Å². The van der Waals surface area contributed by atoms with Crippen molar-refractivity contribution in [3.8, 4) is 23.3 Å². The monoisotopic (exact) mass is 495 g/mol. The van der Waals surface area contributed by atoms with E-state index < -0.39 is 0 Å². The Labute approximate surface area is 213 Å². The summed E-state index contributed by atoms with van der Waals surface area (Å²) in [5.41, 5.74) is 4.66. The number of rotatable bonds is 5. The summed E-state index contributed by atoms with van der Waals surface area (Å²) in [5.74, 6) is 0.0234. The first-order valence-corrected chi connectivity index (χ1v) is 12.7. The van der Waals surface area contributed by atoms with Crippen molar-refractivity contribution in [2.24, 2.45) is 0 Å². The van der Waals surface area contributed by atoms with Gasteiger partial charge < -0.3 is 5.32 Å². The fraction of sp³-hybridized carbons (Fsp3) is 0.296. The summed E-state index contributed by atoms with van der Waals surface area (Å²) >= 11 is 1.46. The van der Waals surface area contributed by atoms with E-state index >= 15 is 0 Å². The van der Waals surface area contributed by atoms with Crippen molar-refractivity contribution >= 4 is 23.2 Å². The highest BCUT2D eigenvalue weighted by molar-refractivity contribution is 7.99. The fourth-order valence-electron chi connectivity index (χ4n) is 4.88. The van der Waals surface area contributed by atoms with Gasteiger partial charge in [-0.05, 0) is 50.8 Å². The fourth-order valence-corrected chi connectivity index (χ4v) is 5.98. The number of aryl methyl sites for hydroxylation is 1. The number of aromatic nitrogens is 4. The van der Waals surface area contributed by atoms with Crippen LogP contribution >= 0.6 is 11.8 Å². The lowest BCUT2D eigenvalue weighted by atomic mass is 9.91. The second kappa shape index (κ2) is 9.88. The second-order valence-electron chi connectivity index (χ2n) is 9.08. The highest BCUT2D eigenvalue weighted by Crippen LogP contribution is 2.38. The molecular weight excluding hydrogens is 470 g/mol. The molecule has 1 amide bonds. The zero-order valence-electron chi connectivity index (χ0n) is 20.1. The first-order chi connectivity index (χ1) is 17.5. The van der Waals surface area contributed by atoms with Crippen molar-refractivity contribution in [3.63, 3.8) is 0 Å². The molecule has 8 nitrogen and oxygen atoms in total. The Kier molecular flexibility index (Phi) is 6.49. The van der Waals surface area contributed by atoms with Gasteiger partial charge in [-0.2, -0.15) is 20.7 Å². The second-order valence-corrected chi connectivity index (χ2v) is 10.2. The minimum Gasteiger partial charge on any atom is -0.354 e.